The quantitative estimate of drug-likeness (QED) is 0.469. The van der Waals surface area contributed by atoms with Gasteiger partial charge in [0.05, 0.1) is 6.61 Å². The van der Waals surface area contributed by atoms with Crippen molar-refractivity contribution in [2.45, 2.75) is 28.7 Å². The molecule has 0 rings (SSSR count). The van der Waals surface area contributed by atoms with Gasteiger partial charge in [-0.1, -0.05) is 22.6 Å². The highest BCUT2D eigenvalue weighted by Gasteiger charge is 2.62. The zero-order valence-electron chi connectivity index (χ0n) is 7.37. The molecule has 0 aromatic carbocycles. The van der Waals surface area contributed by atoms with E-state index in [2.05, 4.69) is 4.74 Å². The van der Waals surface area contributed by atoms with Gasteiger partial charge in [0, 0.05) is 10.3 Å². The molecule has 98 valence electrons. The van der Waals surface area contributed by atoms with Crippen LogP contribution in [0.5, 0.6) is 0 Å². The maximum atomic E-state index is 13.0. The van der Waals surface area contributed by atoms with Crippen molar-refractivity contribution in [1.82, 2.24) is 0 Å². The predicted octanol–water partition coefficient (Wildman–Crippen LogP) is 2.94. The van der Waals surface area contributed by atoms with Crippen molar-refractivity contribution in [2.24, 2.45) is 0 Å². The van der Waals surface area contributed by atoms with Gasteiger partial charge in [-0.05, 0) is 0 Å². The zero-order valence-corrected chi connectivity index (χ0v) is 9.53. The van der Waals surface area contributed by atoms with E-state index in [1.807, 2.05) is 0 Å². The molecule has 0 aromatic rings. The minimum atomic E-state index is -5.83. The molecular weight excluding hydrogens is 364 g/mol. The number of halogens is 8. The summed E-state index contributed by atoms with van der Waals surface area (Å²) < 4.78 is 85.1. The zero-order chi connectivity index (χ0) is 13.2. The highest BCUT2D eigenvalue weighted by molar-refractivity contribution is 14.1. The predicted molar refractivity (Wildman–Crippen MR) is 46.5 cm³/mol. The Kier molecular flexibility index (Phi) is 5.26. The molecule has 10 heteroatoms. The average molecular weight is 370 g/mol. The summed E-state index contributed by atoms with van der Waals surface area (Å²) in [6.45, 7) is -0.899. The maximum Gasteiger partial charge on any atom is 0.525 e. The third-order valence-corrected chi connectivity index (χ3v) is 2.22. The highest BCUT2D eigenvalue weighted by atomic mass is 127. The second-order valence-electron chi connectivity index (χ2n) is 2.76. The monoisotopic (exact) mass is 370 g/mol. The Bertz CT molecular complexity index is 228. The fraction of sp³-hybridized carbons (Fsp3) is 1.00. The van der Waals surface area contributed by atoms with Gasteiger partial charge in [-0.2, -0.15) is 13.2 Å². The van der Waals surface area contributed by atoms with E-state index in [0.29, 0.717) is 0 Å². The van der Waals surface area contributed by atoms with Crippen LogP contribution in [0, 0.1) is 0 Å². The van der Waals surface area contributed by atoms with Crippen LogP contribution in [-0.4, -0.2) is 34.0 Å². The third kappa shape index (κ3) is 4.99. The Labute approximate surface area is 98.9 Å². The van der Waals surface area contributed by atoms with Crippen LogP contribution in [0.4, 0.5) is 30.7 Å². The van der Waals surface area contributed by atoms with E-state index < -0.39 is 35.3 Å². The summed E-state index contributed by atoms with van der Waals surface area (Å²) in [5.41, 5.74) is 0. The van der Waals surface area contributed by atoms with Gasteiger partial charge in [0.1, 0.15) is 0 Å². The molecule has 0 bridgehead atoms. The first kappa shape index (κ1) is 16.2. The van der Waals surface area contributed by atoms with Crippen molar-refractivity contribution in [3.05, 3.63) is 0 Å². The summed E-state index contributed by atoms with van der Waals surface area (Å²) in [6.07, 6.45) is -13.2. The molecule has 0 radical (unpaired) electrons. The van der Waals surface area contributed by atoms with Gasteiger partial charge < -0.3 is 5.11 Å². The van der Waals surface area contributed by atoms with E-state index in [4.69, 9.17) is 5.11 Å². The second kappa shape index (κ2) is 5.21. The number of ether oxygens (including phenoxy) is 1. The van der Waals surface area contributed by atoms with Gasteiger partial charge in [0.2, 0.25) is 0 Å². The maximum absolute atomic E-state index is 13.0. The van der Waals surface area contributed by atoms with Crippen molar-refractivity contribution >= 4 is 22.6 Å². The first-order valence-electron chi connectivity index (χ1n) is 3.69. The summed E-state index contributed by atoms with van der Waals surface area (Å²) in [5.74, 6) is -4.85. The van der Waals surface area contributed by atoms with E-state index in [1.54, 1.807) is 0 Å². The molecule has 0 heterocycles. The van der Waals surface area contributed by atoms with Crippen LogP contribution >= 0.6 is 22.6 Å². The van der Waals surface area contributed by atoms with Crippen molar-refractivity contribution in [3.63, 3.8) is 0 Å². The second-order valence-corrected chi connectivity index (χ2v) is 4.52. The van der Waals surface area contributed by atoms with Crippen LogP contribution < -0.4 is 0 Å². The normalized spacial score (nSPS) is 19.3. The minimum absolute atomic E-state index is 0.899. The van der Waals surface area contributed by atoms with E-state index in [0.717, 1.165) is 0 Å². The Morgan fingerprint density at radius 1 is 1.06 bits per heavy atom. The Balaban J connectivity index is 4.91. The van der Waals surface area contributed by atoms with Crippen molar-refractivity contribution in [2.75, 3.05) is 6.61 Å². The summed E-state index contributed by atoms with van der Waals surface area (Å²) >= 11 is 1.18. The van der Waals surface area contributed by atoms with Crippen molar-refractivity contribution in [1.29, 1.82) is 0 Å². The SMILES string of the molecule is OC[C@H](I)C[C@](F)(OC(F)(F)F)C(F)(F)F. The first-order chi connectivity index (χ1) is 6.91. The van der Waals surface area contributed by atoms with Gasteiger partial charge >= 0.3 is 18.4 Å². The van der Waals surface area contributed by atoms with E-state index >= 15 is 0 Å². The average Bonchev–Trinajstić information content (AvgIpc) is 1.98. The number of alkyl halides is 8. The molecule has 2 atom stereocenters. The molecule has 0 saturated heterocycles. The molecule has 16 heavy (non-hydrogen) atoms. The summed E-state index contributed by atoms with van der Waals surface area (Å²) in [7, 11) is 0. The number of hydrogen-bond acceptors (Lipinski definition) is 2. The summed E-state index contributed by atoms with van der Waals surface area (Å²) in [5, 5.41) is 8.38. The van der Waals surface area contributed by atoms with Crippen LogP contribution in [0.3, 0.4) is 0 Å². The number of aliphatic hydroxyl groups is 1. The highest BCUT2D eigenvalue weighted by Crippen LogP contribution is 2.43. The molecule has 0 spiro atoms. The summed E-state index contributed by atoms with van der Waals surface area (Å²) in [6, 6.07) is 0. The summed E-state index contributed by atoms with van der Waals surface area (Å²) in [4.78, 5) is 0. The molecule has 0 unspecified atom stereocenters. The minimum Gasteiger partial charge on any atom is -0.395 e. The molecular formula is C6H6F7IO2. The lowest BCUT2D eigenvalue weighted by molar-refractivity contribution is -0.448. The van der Waals surface area contributed by atoms with Crippen LogP contribution in [0.15, 0.2) is 0 Å². The van der Waals surface area contributed by atoms with Crippen LogP contribution in [-0.2, 0) is 4.74 Å². The lowest BCUT2D eigenvalue weighted by Gasteiger charge is -2.29. The molecule has 0 fully saturated rings. The molecule has 0 amide bonds. The molecule has 0 aliphatic heterocycles. The topological polar surface area (TPSA) is 29.5 Å². The Morgan fingerprint density at radius 2 is 1.50 bits per heavy atom. The van der Waals surface area contributed by atoms with E-state index in [-0.39, 0.29) is 0 Å². The van der Waals surface area contributed by atoms with E-state index in [9.17, 15) is 30.7 Å². The third-order valence-electron chi connectivity index (χ3n) is 1.38. The van der Waals surface area contributed by atoms with Gasteiger partial charge in [-0.25, -0.2) is 9.13 Å². The lowest BCUT2D eigenvalue weighted by Crippen LogP contribution is -2.48. The van der Waals surface area contributed by atoms with Gasteiger partial charge in [-0.15, -0.1) is 13.2 Å². The molecule has 0 aliphatic carbocycles. The fourth-order valence-corrected chi connectivity index (χ4v) is 1.31. The Hall–Kier alpha value is 0.160. The largest absolute Gasteiger partial charge is 0.525 e. The number of rotatable bonds is 4. The molecule has 2 nitrogen and oxygen atoms in total. The molecule has 0 aromatic heterocycles. The van der Waals surface area contributed by atoms with Crippen LogP contribution in [0.1, 0.15) is 6.42 Å². The molecule has 0 aliphatic rings. The van der Waals surface area contributed by atoms with E-state index in [1.165, 1.54) is 22.6 Å². The smallest absolute Gasteiger partial charge is 0.395 e. The Morgan fingerprint density at radius 3 is 1.75 bits per heavy atom. The molecule has 1 N–H and O–H groups in total. The van der Waals surface area contributed by atoms with Crippen molar-refractivity contribution < 1.29 is 40.6 Å². The first-order valence-corrected chi connectivity index (χ1v) is 4.93. The van der Waals surface area contributed by atoms with Gasteiger partial charge in [-0.3, -0.25) is 0 Å². The lowest BCUT2D eigenvalue weighted by atomic mass is 10.1. The van der Waals surface area contributed by atoms with Crippen LogP contribution in [0.25, 0.3) is 0 Å². The van der Waals surface area contributed by atoms with Crippen LogP contribution in [0.2, 0.25) is 0 Å². The fourth-order valence-electron chi connectivity index (χ4n) is 0.748. The number of aliphatic hydroxyl groups excluding tert-OH is 1. The van der Waals surface area contributed by atoms with Crippen molar-refractivity contribution in [3.8, 4) is 0 Å². The molecule has 0 saturated carbocycles. The van der Waals surface area contributed by atoms with Gasteiger partial charge in [0.15, 0.2) is 0 Å². The van der Waals surface area contributed by atoms with Gasteiger partial charge in [0.25, 0.3) is 0 Å². The number of hydrogen-bond donors (Lipinski definition) is 1. The standard InChI is InChI=1S/C6H6F7IO2/c7-4(5(8,9)10,1-3(14)2-15)16-6(11,12)13/h3,15H,1-2H2/t3-,4+/m1/s1.